The molecular weight excluding hydrogens is 275 g/mol. The number of imidazole rings is 1. The van der Waals surface area contributed by atoms with Crippen molar-refractivity contribution in [3.63, 3.8) is 0 Å². The maximum Gasteiger partial charge on any atom is 0.449 e. The lowest BCUT2D eigenvalue weighted by molar-refractivity contribution is -0.147. The van der Waals surface area contributed by atoms with Gasteiger partial charge in [0.15, 0.2) is 5.69 Å². The minimum Gasteiger partial charge on any atom is -0.455 e. The Labute approximate surface area is 114 Å². The second-order valence-electron chi connectivity index (χ2n) is 5.56. The van der Waals surface area contributed by atoms with E-state index in [1.165, 1.54) is 0 Å². The lowest BCUT2D eigenvalue weighted by atomic mass is 10.2. The Kier molecular flexibility index (Phi) is 3.53. The molecule has 0 saturated carbocycles. The normalized spacial score (nSPS) is 15.9. The van der Waals surface area contributed by atoms with Crippen LogP contribution in [0.1, 0.15) is 42.8 Å². The molecule has 0 aliphatic carbocycles. The smallest absolute Gasteiger partial charge is 0.449 e. The van der Waals surface area contributed by atoms with E-state index in [2.05, 4.69) is 10.3 Å². The van der Waals surface area contributed by atoms with Gasteiger partial charge < -0.3 is 14.6 Å². The first-order valence-electron chi connectivity index (χ1n) is 6.20. The topological polar surface area (TPSA) is 56.1 Å². The van der Waals surface area contributed by atoms with E-state index < -0.39 is 23.6 Å². The van der Waals surface area contributed by atoms with Crippen LogP contribution in [0.4, 0.5) is 13.2 Å². The highest BCUT2D eigenvalue weighted by Crippen LogP contribution is 2.31. The molecular formula is C12H16F3N3O2. The van der Waals surface area contributed by atoms with Crippen molar-refractivity contribution in [1.29, 1.82) is 0 Å². The number of rotatable bonds is 1. The Morgan fingerprint density at radius 2 is 2.00 bits per heavy atom. The van der Waals surface area contributed by atoms with Crippen LogP contribution in [0.25, 0.3) is 0 Å². The number of alkyl halides is 3. The second-order valence-corrected chi connectivity index (χ2v) is 5.56. The molecule has 0 fully saturated rings. The van der Waals surface area contributed by atoms with Gasteiger partial charge in [-0.1, -0.05) is 0 Å². The number of nitrogens with zero attached hydrogens (tertiary/aromatic N) is 2. The summed E-state index contributed by atoms with van der Waals surface area (Å²) in [6.07, 6.45) is -4.59. The van der Waals surface area contributed by atoms with Gasteiger partial charge in [0, 0.05) is 19.6 Å². The molecule has 8 heteroatoms. The molecule has 1 aliphatic heterocycles. The number of ether oxygens (including phenoxy) is 1. The molecule has 1 N–H and O–H groups in total. The van der Waals surface area contributed by atoms with E-state index in [1.54, 1.807) is 20.8 Å². The molecule has 5 nitrogen and oxygen atoms in total. The highest BCUT2D eigenvalue weighted by molar-refractivity contribution is 5.89. The van der Waals surface area contributed by atoms with Crippen LogP contribution in [0.15, 0.2) is 0 Å². The molecule has 1 aromatic heterocycles. The molecule has 0 spiro atoms. The summed E-state index contributed by atoms with van der Waals surface area (Å²) in [6.45, 7) is 5.64. The zero-order chi connectivity index (χ0) is 15.1. The third-order valence-electron chi connectivity index (χ3n) is 2.72. The van der Waals surface area contributed by atoms with E-state index >= 15 is 0 Å². The van der Waals surface area contributed by atoms with Crippen LogP contribution in [0.3, 0.4) is 0 Å². The minimum atomic E-state index is -4.59. The third kappa shape index (κ3) is 2.95. The fourth-order valence-corrected chi connectivity index (χ4v) is 2.01. The number of carbonyl (C=O) groups excluding carboxylic acids is 1. The standard InChI is InChI=1S/C12H16F3N3O2/c1-11(2,3)20-9(19)8-7-6-16-4-5-18(7)10(17-8)12(13,14)15/h16H,4-6H2,1-3H3. The Hall–Kier alpha value is -1.57. The zero-order valence-corrected chi connectivity index (χ0v) is 11.5. The van der Waals surface area contributed by atoms with E-state index in [9.17, 15) is 18.0 Å². The van der Waals surface area contributed by atoms with Gasteiger partial charge in [-0.15, -0.1) is 0 Å². The number of fused-ring (bicyclic) bond motifs is 1. The number of halogens is 3. The van der Waals surface area contributed by atoms with E-state index in [-0.39, 0.29) is 24.5 Å². The van der Waals surface area contributed by atoms with Gasteiger partial charge in [-0.05, 0) is 20.8 Å². The predicted molar refractivity (Wildman–Crippen MR) is 64.1 cm³/mol. The fraction of sp³-hybridized carbons (Fsp3) is 0.667. The third-order valence-corrected chi connectivity index (χ3v) is 2.72. The largest absolute Gasteiger partial charge is 0.455 e. The van der Waals surface area contributed by atoms with Gasteiger partial charge in [0.1, 0.15) is 5.60 Å². The van der Waals surface area contributed by atoms with E-state index in [0.29, 0.717) is 6.54 Å². The van der Waals surface area contributed by atoms with Crippen LogP contribution in [0.2, 0.25) is 0 Å². The van der Waals surface area contributed by atoms with Gasteiger partial charge in [0.05, 0.1) is 5.69 Å². The number of hydrogen-bond donors (Lipinski definition) is 1. The molecule has 0 bridgehead atoms. The Morgan fingerprint density at radius 1 is 1.35 bits per heavy atom. The van der Waals surface area contributed by atoms with E-state index in [0.717, 1.165) is 4.57 Å². The fourth-order valence-electron chi connectivity index (χ4n) is 2.01. The number of carbonyl (C=O) groups is 1. The first-order valence-corrected chi connectivity index (χ1v) is 6.20. The van der Waals surface area contributed by atoms with Gasteiger partial charge in [-0.2, -0.15) is 13.2 Å². The van der Waals surface area contributed by atoms with Crippen molar-refractivity contribution in [1.82, 2.24) is 14.9 Å². The van der Waals surface area contributed by atoms with Gasteiger partial charge >= 0.3 is 12.1 Å². The molecule has 0 radical (unpaired) electrons. The van der Waals surface area contributed by atoms with Crippen molar-refractivity contribution < 1.29 is 22.7 Å². The first kappa shape index (κ1) is 14.8. The molecule has 0 aromatic carbocycles. The van der Waals surface area contributed by atoms with Crippen molar-refractivity contribution in [3.05, 3.63) is 17.2 Å². The van der Waals surface area contributed by atoms with E-state index in [4.69, 9.17) is 4.74 Å². The molecule has 0 saturated heterocycles. The quantitative estimate of drug-likeness (QED) is 0.804. The summed E-state index contributed by atoms with van der Waals surface area (Å²) in [5, 5.41) is 2.93. The van der Waals surface area contributed by atoms with Gasteiger partial charge in [0.2, 0.25) is 5.82 Å². The van der Waals surface area contributed by atoms with Crippen LogP contribution in [-0.4, -0.2) is 27.7 Å². The lowest BCUT2D eigenvalue weighted by Crippen LogP contribution is -2.31. The number of nitrogens with one attached hydrogen (secondary N) is 1. The van der Waals surface area contributed by atoms with Crippen LogP contribution >= 0.6 is 0 Å². The highest BCUT2D eigenvalue weighted by atomic mass is 19.4. The molecule has 0 amide bonds. The molecule has 0 atom stereocenters. The maximum atomic E-state index is 12.9. The predicted octanol–water partition coefficient (Wildman–Crippen LogP) is 1.96. The summed E-state index contributed by atoms with van der Waals surface area (Å²) < 4.78 is 44.9. The van der Waals surface area contributed by atoms with Gasteiger partial charge in [0.25, 0.3) is 0 Å². The van der Waals surface area contributed by atoms with Crippen molar-refractivity contribution in [3.8, 4) is 0 Å². The first-order chi connectivity index (χ1) is 9.09. The molecule has 2 heterocycles. The lowest BCUT2D eigenvalue weighted by Gasteiger charge is -2.21. The zero-order valence-electron chi connectivity index (χ0n) is 11.5. The monoisotopic (exact) mass is 291 g/mol. The maximum absolute atomic E-state index is 12.9. The molecule has 20 heavy (non-hydrogen) atoms. The van der Waals surface area contributed by atoms with Crippen molar-refractivity contribution in [2.75, 3.05) is 6.54 Å². The second kappa shape index (κ2) is 4.76. The van der Waals surface area contributed by atoms with Crippen molar-refractivity contribution >= 4 is 5.97 Å². The number of esters is 1. The van der Waals surface area contributed by atoms with Gasteiger partial charge in [-0.25, -0.2) is 9.78 Å². The molecule has 2 rings (SSSR count). The van der Waals surface area contributed by atoms with E-state index in [1.807, 2.05) is 0 Å². The van der Waals surface area contributed by atoms with Crippen molar-refractivity contribution in [2.24, 2.45) is 0 Å². The molecule has 0 unspecified atom stereocenters. The summed E-state index contributed by atoms with van der Waals surface area (Å²) in [5.41, 5.74) is -0.828. The van der Waals surface area contributed by atoms with Crippen LogP contribution in [0.5, 0.6) is 0 Å². The average Bonchev–Trinajstić information content (AvgIpc) is 2.65. The summed E-state index contributed by atoms with van der Waals surface area (Å²) in [7, 11) is 0. The summed E-state index contributed by atoms with van der Waals surface area (Å²) in [5.74, 6) is -1.88. The Bertz CT molecular complexity index is 529. The SMILES string of the molecule is CC(C)(C)OC(=O)c1nc(C(F)(F)F)n2c1CNCC2. The van der Waals surface area contributed by atoms with Crippen LogP contribution in [-0.2, 0) is 24.0 Å². The average molecular weight is 291 g/mol. The van der Waals surface area contributed by atoms with Crippen molar-refractivity contribution in [2.45, 2.75) is 45.6 Å². The van der Waals surface area contributed by atoms with Gasteiger partial charge in [-0.3, -0.25) is 0 Å². The van der Waals surface area contributed by atoms with Crippen LogP contribution in [0, 0.1) is 0 Å². The number of aromatic nitrogens is 2. The molecule has 1 aromatic rings. The summed E-state index contributed by atoms with van der Waals surface area (Å²) in [4.78, 5) is 15.4. The molecule has 112 valence electrons. The highest BCUT2D eigenvalue weighted by Gasteiger charge is 2.41. The Balaban J connectivity index is 2.44. The number of hydrogen-bond acceptors (Lipinski definition) is 4. The van der Waals surface area contributed by atoms with Crippen LogP contribution < -0.4 is 5.32 Å². The minimum absolute atomic E-state index is 0.125. The molecule has 1 aliphatic rings. The summed E-state index contributed by atoms with van der Waals surface area (Å²) in [6, 6.07) is 0. The Morgan fingerprint density at radius 3 is 2.55 bits per heavy atom. The summed E-state index contributed by atoms with van der Waals surface area (Å²) >= 11 is 0.